The van der Waals surface area contributed by atoms with Gasteiger partial charge in [-0.05, 0) is 84.1 Å². The predicted molar refractivity (Wildman–Crippen MR) is 174 cm³/mol. The molecule has 2 aromatic heterocycles. The van der Waals surface area contributed by atoms with Gasteiger partial charge in [-0.3, -0.25) is 4.90 Å². The Bertz CT molecular complexity index is 1890. The van der Waals surface area contributed by atoms with Crippen LogP contribution in [0.2, 0.25) is 0 Å². The van der Waals surface area contributed by atoms with Crippen molar-refractivity contribution < 1.29 is 37.1 Å². The lowest BCUT2D eigenvalue weighted by atomic mass is 9.40. The summed E-state index contributed by atoms with van der Waals surface area (Å²) in [6.07, 6.45) is 0.0384. The summed E-state index contributed by atoms with van der Waals surface area (Å²) in [5.41, 5.74) is 2.48. The lowest BCUT2D eigenvalue weighted by Gasteiger charge is -2.81. The minimum Gasteiger partial charge on any atom is -0.489 e. The Labute approximate surface area is 279 Å². The van der Waals surface area contributed by atoms with E-state index in [9.17, 15) is 23.1 Å². The van der Waals surface area contributed by atoms with E-state index in [4.69, 9.17) is 14.2 Å². The van der Waals surface area contributed by atoms with E-state index in [1.54, 1.807) is 24.3 Å². The maximum absolute atomic E-state index is 13.4. The number of aromatic carboxylic acids is 1. The van der Waals surface area contributed by atoms with Crippen molar-refractivity contribution in [1.82, 2.24) is 15.0 Å². The van der Waals surface area contributed by atoms with Gasteiger partial charge >= 0.3 is 12.3 Å². The smallest absolute Gasteiger partial charge is 0.489 e. The first-order chi connectivity index (χ1) is 22.9. The topological polar surface area (TPSA) is 101 Å². The molecule has 1 saturated heterocycles. The molecule has 48 heavy (non-hydrogen) atoms. The highest BCUT2D eigenvalue weighted by molar-refractivity contribution is 7.22. The maximum atomic E-state index is 13.4. The summed E-state index contributed by atoms with van der Waals surface area (Å²) in [7, 11) is 0. The molecule has 3 aliphatic carbocycles. The van der Waals surface area contributed by atoms with Gasteiger partial charge in [0.05, 0.1) is 16.4 Å². The number of para-hydroxylation sites is 1. The highest BCUT2D eigenvalue weighted by Gasteiger charge is 2.76. The summed E-state index contributed by atoms with van der Waals surface area (Å²) >= 11 is 1.51. The van der Waals surface area contributed by atoms with Gasteiger partial charge in [-0.2, -0.15) is 0 Å². The number of benzene rings is 2. The minimum atomic E-state index is -4.83. The van der Waals surface area contributed by atoms with Gasteiger partial charge in [-0.1, -0.05) is 28.6 Å². The minimum absolute atomic E-state index is 0.0972. The van der Waals surface area contributed by atoms with Crippen molar-refractivity contribution in [3.8, 4) is 22.8 Å². The van der Waals surface area contributed by atoms with Crippen molar-refractivity contribution >= 4 is 32.7 Å². The molecule has 0 amide bonds. The molecule has 2 aromatic carbocycles. The van der Waals surface area contributed by atoms with Gasteiger partial charge in [0.2, 0.25) is 0 Å². The van der Waals surface area contributed by atoms with Crippen LogP contribution >= 0.6 is 11.3 Å². The number of aromatic nitrogens is 2. The number of hydrogen-bond acceptors (Lipinski definition) is 9. The molecule has 254 valence electrons. The molecule has 4 unspecified atom stereocenters. The van der Waals surface area contributed by atoms with Crippen molar-refractivity contribution in [3.05, 3.63) is 53.3 Å². The van der Waals surface area contributed by atoms with Crippen molar-refractivity contribution in [3.63, 3.8) is 0 Å². The third-order valence-electron chi connectivity index (χ3n) is 10.6. The van der Waals surface area contributed by atoms with Crippen LogP contribution in [0.3, 0.4) is 0 Å². The Hall–Kier alpha value is -3.84. The van der Waals surface area contributed by atoms with Crippen LogP contribution in [0.5, 0.6) is 11.5 Å². The zero-order valence-electron chi connectivity index (χ0n) is 27.1. The number of carboxylic acids is 1. The van der Waals surface area contributed by atoms with Gasteiger partial charge in [-0.25, -0.2) is 9.78 Å². The zero-order valence-corrected chi connectivity index (χ0v) is 27.9. The molecule has 8 rings (SSSR count). The van der Waals surface area contributed by atoms with Crippen LogP contribution in [0, 0.1) is 5.41 Å². The second-order valence-corrected chi connectivity index (χ2v) is 15.1. The monoisotopic (exact) mass is 682 g/mol. The summed E-state index contributed by atoms with van der Waals surface area (Å²) in [6.45, 7) is 8.67. The highest BCUT2D eigenvalue weighted by Crippen LogP contribution is 2.70. The van der Waals surface area contributed by atoms with Crippen LogP contribution in [-0.4, -0.2) is 62.8 Å². The van der Waals surface area contributed by atoms with Crippen molar-refractivity contribution in [1.29, 1.82) is 0 Å². The van der Waals surface area contributed by atoms with Gasteiger partial charge in [0.15, 0.2) is 5.13 Å². The van der Waals surface area contributed by atoms with Gasteiger partial charge in [0.25, 0.3) is 0 Å². The standard InChI is InChI=1S/C35H37F3N4O5S/c1-17(2)41(16-22-29(40-47-31(22)19-9-10-19)21-7-5-6-8-23(21)46-35(36,37)38)27-15-28-34(27)12-11-26(34)42(28)33-39-30-24(45-18(3)4)13-20(32(43)44)14-25(30)48-33/h5-8,13-14,17-19,26-28H,9-12,15-16H2,1-4H3,(H,43,44). The van der Waals surface area contributed by atoms with Gasteiger partial charge in [0, 0.05) is 53.2 Å². The average Bonchev–Trinajstić information content (AvgIpc) is 3.59. The fourth-order valence-electron chi connectivity index (χ4n) is 8.34. The summed E-state index contributed by atoms with van der Waals surface area (Å²) in [5, 5.41) is 14.9. The molecule has 1 spiro atoms. The number of nitrogens with zero attached hydrogens (tertiary/aromatic N) is 4. The van der Waals surface area contributed by atoms with Crippen LogP contribution in [0.25, 0.3) is 21.5 Å². The Balaban J connectivity index is 1.09. The van der Waals surface area contributed by atoms with E-state index in [-0.39, 0.29) is 46.4 Å². The van der Waals surface area contributed by atoms with E-state index >= 15 is 0 Å². The first-order valence-electron chi connectivity index (χ1n) is 16.6. The molecular formula is C35H37F3N4O5S. The molecule has 13 heteroatoms. The Morgan fingerprint density at radius 2 is 1.92 bits per heavy atom. The maximum Gasteiger partial charge on any atom is 0.573 e. The number of alkyl halides is 3. The average molecular weight is 683 g/mol. The Morgan fingerprint density at radius 1 is 1.15 bits per heavy atom. The van der Waals surface area contributed by atoms with Gasteiger partial charge in [0.1, 0.15) is 28.5 Å². The number of ether oxygens (including phenoxy) is 2. The normalized spacial score (nSPS) is 24.7. The first kappa shape index (κ1) is 31.4. The second kappa shape index (κ2) is 11.1. The summed E-state index contributed by atoms with van der Waals surface area (Å²) in [5.74, 6) is 0.177. The van der Waals surface area contributed by atoms with Crippen LogP contribution in [0.15, 0.2) is 40.9 Å². The molecule has 0 radical (unpaired) electrons. The Morgan fingerprint density at radius 3 is 2.54 bits per heavy atom. The number of rotatable bonds is 11. The number of thiazole rings is 1. The van der Waals surface area contributed by atoms with Crippen LogP contribution in [-0.2, 0) is 6.54 Å². The van der Waals surface area contributed by atoms with Crippen molar-refractivity contribution in [2.75, 3.05) is 4.90 Å². The lowest BCUT2D eigenvalue weighted by Crippen LogP contribution is -2.89. The number of carboxylic acid groups (broad SMARTS) is 1. The molecule has 4 fully saturated rings. The number of hydrogen-bond donors (Lipinski definition) is 1. The molecular weight excluding hydrogens is 645 g/mol. The van der Waals surface area contributed by atoms with E-state index in [1.165, 1.54) is 23.5 Å². The Kier molecular flexibility index (Phi) is 7.26. The van der Waals surface area contributed by atoms with Crippen molar-refractivity contribution in [2.24, 2.45) is 5.41 Å². The van der Waals surface area contributed by atoms with Gasteiger partial charge in [-0.15, -0.1) is 13.2 Å². The first-order valence-corrected chi connectivity index (χ1v) is 17.4. The summed E-state index contributed by atoms with van der Waals surface area (Å²) < 4.78 is 57.1. The van der Waals surface area contributed by atoms with Crippen LogP contribution < -0.4 is 14.4 Å². The molecule has 4 aromatic rings. The lowest BCUT2D eigenvalue weighted by molar-refractivity contribution is -0.274. The number of anilines is 1. The van der Waals surface area contributed by atoms with Crippen molar-refractivity contribution in [2.45, 2.75) is 109 Å². The van der Waals surface area contributed by atoms with E-state index in [0.717, 1.165) is 53.3 Å². The van der Waals surface area contributed by atoms with E-state index < -0.39 is 12.3 Å². The number of halogens is 3. The fraction of sp³-hybridized carbons (Fsp3) is 0.514. The van der Waals surface area contributed by atoms with E-state index in [0.29, 0.717) is 35.6 Å². The van der Waals surface area contributed by atoms with Crippen LogP contribution in [0.1, 0.15) is 87.4 Å². The largest absolute Gasteiger partial charge is 0.573 e. The number of piperidine rings is 2. The predicted octanol–water partition coefficient (Wildman–Crippen LogP) is 8.23. The van der Waals surface area contributed by atoms with E-state index in [2.05, 4.69) is 33.5 Å². The summed E-state index contributed by atoms with van der Waals surface area (Å²) in [4.78, 5) is 21.8. The fourth-order valence-corrected chi connectivity index (χ4v) is 9.46. The molecule has 1 aliphatic heterocycles. The van der Waals surface area contributed by atoms with Crippen LogP contribution in [0.4, 0.5) is 18.3 Å². The summed E-state index contributed by atoms with van der Waals surface area (Å²) in [6, 6.07) is 10.4. The molecule has 1 N–H and O–H groups in total. The number of fused-ring (bicyclic) bond motifs is 1. The molecule has 4 aliphatic rings. The highest BCUT2D eigenvalue weighted by atomic mass is 32.1. The SMILES string of the molecule is CC(C)Oc1cc(C(=O)O)cc2sc(N3C4CCC45C(N(Cc4c(-c6ccccc6OC(F)(F)F)noc4C4CC4)C(C)C)CC35)nc12. The molecule has 9 nitrogen and oxygen atoms in total. The quantitative estimate of drug-likeness (QED) is 0.168. The second-order valence-electron chi connectivity index (χ2n) is 14.1. The third kappa shape index (κ3) is 4.95. The molecule has 3 heterocycles. The van der Waals surface area contributed by atoms with E-state index in [1.807, 2.05) is 13.8 Å². The molecule has 3 saturated carbocycles. The molecule has 0 bridgehead atoms. The molecule has 4 atom stereocenters. The zero-order chi connectivity index (χ0) is 33.7. The third-order valence-corrected chi connectivity index (χ3v) is 11.7. The van der Waals surface area contributed by atoms with Gasteiger partial charge < -0.3 is 24.0 Å². The number of carbonyl (C=O) groups is 1.